The summed E-state index contributed by atoms with van der Waals surface area (Å²) in [6.45, 7) is 3.39. The van der Waals surface area contributed by atoms with Gasteiger partial charge in [0.05, 0.1) is 12.1 Å². The number of fused-ring (bicyclic) bond motifs is 2. The second-order valence-electron chi connectivity index (χ2n) is 8.55. The Labute approximate surface area is 181 Å². The average Bonchev–Trinajstić information content (AvgIpc) is 3.06. The van der Waals surface area contributed by atoms with E-state index < -0.39 is 41.7 Å². The van der Waals surface area contributed by atoms with Crippen LogP contribution in [-0.4, -0.2) is 29.2 Å². The van der Waals surface area contributed by atoms with Gasteiger partial charge in [-0.1, -0.05) is 12.1 Å². The number of halogens is 4. The highest BCUT2D eigenvalue weighted by molar-refractivity contribution is 5.91. The van der Waals surface area contributed by atoms with Crippen LogP contribution in [0.4, 0.5) is 28.0 Å². The molecule has 2 amide bonds. The van der Waals surface area contributed by atoms with Crippen molar-refractivity contribution in [1.29, 1.82) is 0 Å². The van der Waals surface area contributed by atoms with E-state index in [2.05, 4.69) is 15.4 Å². The van der Waals surface area contributed by atoms with E-state index in [4.69, 9.17) is 4.74 Å². The zero-order valence-corrected chi connectivity index (χ0v) is 17.3. The van der Waals surface area contributed by atoms with Gasteiger partial charge >= 0.3 is 12.4 Å². The summed E-state index contributed by atoms with van der Waals surface area (Å²) in [5.41, 5.74) is 0.734. The number of amides is 2. The number of alkyl halides is 3. The summed E-state index contributed by atoms with van der Waals surface area (Å²) in [7, 11) is 0. The average molecular weight is 454 g/mol. The molecule has 3 N–H and O–H groups in total. The van der Waals surface area contributed by atoms with E-state index >= 15 is 0 Å². The monoisotopic (exact) mass is 454 g/mol. The molecule has 172 valence electrons. The van der Waals surface area contributed by atoms with Crippen LogP contribution in [0, 0.1) is 5.82 Å². The van der Waals surface area contributed by atoms with E-state index in [1.54, 1.807) is 19.9 Å². The maximum absolute atomic E-state index is 14.0. The van der Waals surface area contributed by atoms with Crippen molar-refractivity contribution in [3.63, 3.8) is 0 Å². The van der Waals surface area contributed by atoms with Crippen LogP contribution in [0.5, 0.6) is 11.5 Å². The van der Waals surface area contributed by atoms with Crippen molar-refractivity contribution in [2.24, 2.45) is 0 Å². The summed E-state index contributed by atoms with van der Waals surface area (Å²) in [5.74, 6) is -1.02. The van der Waals surface area contributed by atoms with Gasteiger partial charge in [-0.25, -0.2) is 9.18 Å². The largest absolute Gasteiger partial charge is 0.573 e. The fourth-order valence-corrected chi connectivity index (χ4v) is 4.27. The molecule has 0 unspecified atom stereocenters. The normalized spacial score (nSPS) is 21.2. The van der Waals surface area contributed by atoms with E-state index in [0.717, 1.165) is 6.07 Å². The van der Waals surface area contributed by atoms with Gasteiger partial charge < -0.3 is 25.2 Å². The Morgan fingerprint density at radius 2 is 1.91 bits per heavy atom. The first-order valence-electron chi connectivity index (χ1n) is 10.1. The van der Waals surface area contributed by atoms with Crippen molar-refractivity contribution in [3.05, 3.63) is 52.8 Å². The summed E-state index contributed by atoms with van der Waals surface area (Å²) in [6, 6.07) is 5.47. The number of para-hydroxylation sites is 1. The Kier molecular flexibility index (Phi) is 5.44. The van der Waals surface area contributed by atoms with Gasteiger partial charge in [-0.3, -0.25) is 0 Å². The van der Waals surface area contributed by atoms with E-state index in [1.165, 1.54) is 18.2 Å². The van der Waals surface area contributed by atoms with E-state index in [-0.39, 0.29) is 18.6 Å². The lowest BCUT2D eigenvalue weighted by molar-refractivity contribution is -0.275. The number of carbonyl (C=O) groups is 1. The van der Waals surface area contributed by atoms with Crippen LogP contribution in [-0.2, 0) is 12.8 Å². The summed E-state index contributed by atoms with van der Waals surface area (Å²) in [6.07, 6.45) is -4.94. The molecule has 1 aliphatic carbocycles. The SMILES string of the molecule is CC1(C)C[C@@H](NC(=O)Nc2ccc(F)c3c2C[C@H](O)C3)c2cccc(OC(F)(F)F)c2O1. The number of rotatable bonds is 3. The highest BCUT2D eigenvalue weighted by atomic mass is 19.4. The first kappa shape index (κ1) is 22.2. The van der Waals surface area contributed by atoms with E-state index in [1.807, 2.05) is 0 Å². The van der Waals surface area contributed by atoms with Crippen LogP contribution >= 0.6 is 0 Å². The number of aliphatic hydroxyl groups excluding tert-OH is 1. The minimum absolute atomic E-state index is 0.0860. The Bertz CT molecular complexity index is 1050. The number of hydrogen-bond donors (Lipinski definition) is 3. The molecule has 0 bridgehead atoms. The van der Waals surface area contributed by atoms with Gasteiger partial charge in [0.15, 0.2) is 11.5 Å². The first-order chi connectivity index (χ1) is 14.9. The second kappa shape index (κ2) is 7.84. The Balaban J connectivity index is 1.58. The van der Waals surface area contributed by atoms with Gasteiger partial charge in [0, 0.05) is 30.5 Å². The summed E-state index contributed by atoms with van der Waals surface area (Å²) in [5, 5.41) is 15.3. The molecule has 10 heteroatoms. The van der Waals surface area contributed by atoms with Crippen LogP contribution in [0.3, 0.4) is 0 Å². The molecule has 0 fully saturated rings. The van der Waals surface area contributed by atoms with Gasteiger partial charge in [0.25, 0.3) is 0 Å². The fourth-order valence-electron chi connectivity index (χ4n) is 4.27. The van der Waals surface area contributed by atoms with Crippen molar-refractivity contribution >= 4 is 11.7 Å². The molecule has 4 rings (SSSR count). The van der Waals surface area contributed by atoms with Crippen LogP contribution in [0.2, 0.25) is 0 Å². The van der Waals surface area contributed by atoms with E-state index in [0.29, 0.717) is 28.8 Å². The number of carbonyl (C=O) groups excluding carboxylic acids is 1. The van der Waals surface area contributed by atoms with Crippen molar-refractivity contribution < 1.29 is 36.9 Å². The minimum Gasteiger partial charge on any atom is -0.483 e. The lowest BCUT2D eigenvalue weighted by atomic mass is 9.89. The molecule has 0 saturated carbocycles. The molecule has 2 aromatic carbocycles. The number of urea groups is 1. The maximum atomic E-state index is 14.0. The van der Waals surface area contributed by atoms with Crippen LogP contribution in [0.15, 0.2) is 30.3 Å². The van der Waals surface area contributed by atoms with Gasteiger partial charge in [-0.2, -0.15) is 0 Å². The van der Waals surface area contributed by atoms with Crippen molar-refractivity contribution in [3.8, 4) is 11.5 Å². The number of benzene rings is 2. The van der Waals surface area contributed by atoms with Gasteiger partial charge in [-0.05, 0) is 43.2 Å². The Hall–Kier alpha value is -3.01. The molecule has 6 nitrogen and oxygen atoms in total. The molecule has 32 heavy (non-hydrogen) atoms. The van der Waals surface area contributed by atoms with Crippen molar-refractivity contribution in [1.82, 2.24) is 5.32 Å². The quantitative estimate of drug-likeness (QED) is 0.592. The second-order valence-corrected chi connectivity index (χ2v) is 8.55. The third-order valence-corrected chi connectivity index (χ3v) is 5.49. The Morgan fingerprint density at radius 1 is 1.19 bits per heavy atom. The van der Waals surface area contributed by atoms with E-state index in [9.17, 15) is 27.5 Å². The third-order valence-electron chi connectivity index (χ3n) is 5.49. The predicted octanol–water partition coefficient (Wildman–Crippen LogP) is 4.61. The lowest BCUT2D eigenvalue weighted by Crippen LogP contribution is -2.42. The van der Waals surface area contributed by atoms with Crippen LogP contribution < -0.4 is 20.1 Å². The number of aliphatic hydroxyl groups is 1. The zero-order chi connectivity index (χ0) is 23.3. The minimum atomic E-state index is -4.89. The topological polar surface area (TPSA) is 79.8 Å². The fraction of sp³-hybridized carbons (Fsp3) is 0.409. The number of hydrogen-bond acceptors (Lipinski definition) is 4. The molecular formula is C22H22F4N2O4. The summed E-state index contributed by atoms with van der Waals surface area (Å²) in [4.78, 5) is 12.8. The van der Waals surface area contributed by atoms with Crippen LogP contribution in [0.25, 0.3) is 0 Å². The van der Waals surface area contributed by atoms with Gasteiger partial charge in [0.1, 0.15) is 11.4 Å². The molecule has 2 atom stereocenters. The summed E-state index contributed by atoms with van der Waals surface area (Å²) >= 11 is 0. The van der Waals surface area contributed by atoms with Gasteiger partial charge in [0.2, 0.25) is 0 Å². The highest BCUT2D eigenvalue weighted by Crippen LogP contribution is 2.46. The molecular weight excluding hydrogens is 432 g/mol. The molecule has 0 saturated heterocycles. The van der Waals surface area contributed by atoms with Crippen molar-refractivity contribution in [2.45, 2.75) is 57.2 Å². The molecule has 0 aromatic heterocycles. The number of anilines is 1. The summed E-state index contributed by atoms with van der Waals surface area (Å²) < 4.78 is 62.3. The third kappa shape index (κ3) is 4.59. The zero-order valence-electron chi connectivity index (χ0n) is 17.3. The smallest absolute Gasteiger partial charge is 0.483 e. The predicted molar refractivity (Wildman–Crippen MR) is 107 cm³/mol. The maximum Gasteiger partial charge on any atom is 0.573 e. The molecule has 2 aliphatic rings. The highest BCUT2D eigenvalue weighted by Gasteiger charge is 2.39. The molecule has 0 radical (unpaired) electrons. The molecule has 2 aromatic rings. The Morgan fingerprint density at radius 3 is 2.62 bits per heavy atom. The van der Waals surface area contributed by atoms with Crippen LogP contribution in [0.1, 0.15) is 43.0 Å². The molecule has 1 heterocycles. The van der Waals surface area contributed by atoms with Gasteiger partial charge in [-0.15, -0.1) is 13.2 Å². The lowest BCUT2D eigenvalue weighted by Gasteiger charge is -2.38. The molecule has 1 aliphatic heterocycles. The first-order valence-corrected chi connectivity index (χ1v) is 10.1. The standard InChI is InChI=1S/C22H22F4N2O4/c1-21(2)10-17(12-4-3-5-18(19(12)32-21)31-22(24,25)26)28-20(30)27-16-7-6-15(23)13-8-11(29)9-14(13)16/h3-7,11,17,29H,8-10H2,1-2H3,(H2,27,28,30)/t11-,17-/m1/s1. The number of ether oxygens (including phenoxy) is 2. The molecule has 0 spiro atoms. The van der Waals surface area contributed by atoms with Crippen molar-refractivity contribution in [2.75, 3.05) is 5.32 Å². The number of nitrogens with one attached hydrogen (secondary N) is 2.